The second-order valence-corrected chi connectivity index (χ2v) is 5.60. The van der Waals surface area contributed by atoms with Crippen LogP contribution in [0.2, 0.25) is 0 Å². The fraction of sp³-hybridized carbons (Fsp3) is 0.333. The molecule has 0 fully saturated rings. The molecule has 0 unspecified atom stereocenters. The van der Waals surface area contributed by atoms with Crippen LogP contribution in [0.3, 0.4) is 0 Å². The number of aliphatic carboxylic acids is 1. The molecule has 114 valence electrons. The SMILES string of the molecule is O=C(O)CCC=Cc1nn(-c2ccccc2)c2c1CCCC2. The molecule has 3 rings (SSSR count). The van der Waals surface area contributed by atoms with E-state index in [0.717, 1.165) is 24.2 Å². The van der Waals surface area contributed by atoms with Gasteiger partial charge in [-0.05, 0) is 50.3 Å². The van der Waals surface area contributed by atoms with E-state index in [1.54, 1.807) is 0 Å². The minimum atomic E-state index is -0.763. The summed E-state index contributed by atoms with van der Waals surface area (Å²) in [6, 6.07) is 10.2. The number of rotatable bonds is 5. The molecule has 0 atom stereocenters. The summed E-state index contributed by atoms with van der Waals surface area (Å²) < 4.78 is 2.05. The van der Waals surface area contributed by atoms with Crippen LogP contribution in [0.5, 0.6) is 0 Å². The Morgan fingerprint density at radius 2 is 2.00 bits per heavy atom. The minimum Gasteiger partial charge on any atom is -0.481 e. The average molecular weight is 296 g/mol. The van der Waals surface area contributed by atoms with Gasteiger partial charge in [0.15, 0.2) is 0 Å². The van der Waals surface area contributed by atoms with E-state index in [1.807, 2.05) is 35.0 Å². The predicted octanol–water partition coefficient (Wildman–Crippen LogP) is 3.63. The van der Waals surface area contributed by atoms with Gasteiger partial charge in [-0.15, -0.1) is 0 Å². The number of hydrogen-bond donors (Lipinski definition) is 1. The van der Waals surface area contributed by atoms with Crippen LogP contribution >= 0.6 is 0 Å². The Kier molecular flexibility index (Phi) is 4.37. The van der Waals surface area contributed by atoms with Crippen molar-refractivity contribution in [2.45, 2.75) is 38.5 Å². The number of hydrogen-bond acceptors (Lipinski definition) is 2. The Morgan fingerprint density at radius 3 is 2.77 bits per heavy atom. The molecule has 1 aromatic carbocycles. The minimum absolute atomic E-state index is 0.165. The van der Waals surface area contributed by atoms with Crippen molar-refractivity contribution in [2.75, 3.05) is 0 Å². The Labute approximate surface area is 130 Å². The molecular weight excluding hydrogens is 276 g/mol. The molecule has 2 aromatic rings. The molecule has 1 N–H and O–H groups in total. The Bertz CT molecular complexity index is 687. The predicted molar refractivity (Wildman–Crippen MR) is 86.1 cm³/mol. The molecule has 0 spiro atoms. The van der Waals surface area contributed by atoms with Crippen molar-refractivity contribution < 1.29 is 9.90 Å². The Balaban J connectivity index is 1.91. The van der Waals surface area contributed by atoms with E-state index < -0.39 is 5.97 Å². The third kappa shape index (κ3) is 3.11. The fourth-order valence-corrected chi connectivity index (χ4v) is 2.95. The third-order valence-corrected chi connectivity index (χ3v) is 4.01. The third-order valence-electron chi connectivity index (χ3n) is 4.01. The zero-order chi connectivity index (χ0) is 15.4. The maximum atomic E-state index is 10.6. The first-order chi connectivity index (χ1) is 10.8. The number of carboxylic acid groups (broad SMARTS) is 1. The number of benzene rings is 1. The van der Waals surface area contributed by atoms with Crippen molar-refractivity contribution in [2.24, 2.45) is 0 Å². The molecule has 1 aromatic heterocycles. The number of aromatic nitrogens is 2. The molecule has 4 heteroatoms. The van der Waals surface area contributed by atoms with Crippen LogP contribution in [-0.4, -0.2) is 20.9 Å². The summed E-state index contributed by atoms with van der Waals surface area (Å²) in [5, 5.41) is 13.5. The molecule has 22 heavy (non-hydrogen) atoms. The highest BCUT2D eigenvalue weighted by Crippen LogP contribution is 2.27. The standard InChI is InChI=1S/C18H20N2O2/c21-18(22)13-7-5-11-16-15-10-4-6-12-17(15)20(19-16)14-8-2-1-3-9-14/h1-3,5,8-9,11H,4,6-7,10,12-13H2,(H,21,22). The summed E-state index contributed by atoms with van der Waals surface area (Å²) in [6.07, 6.45) is 9.12. The number of fused-ring (bicyclic) bond motifs is 1. The van der Waals surface area contributed by atoms with Gasteiger partial charge in [0.2, 0.25) is 0 Å². The molecule has 0 radical (unpaired) electrons. The van der Waals surface area contributed by atoms with E-state index in [2.05, 4.69) is 12.1 Å². The summed E-state index contributed by atoms with van der Waals surface area (Å²) in [7, 11) is 0. The van der Waals surface area contributed by atoms with E-state index in [-0.39, 0.29) is 6.42 Å². The lowest BCUT2D eigenvalue weighted by molar-refractivity contribution is -0.136. The van der Waals surface area contributed by atoms with E-state index in [1.165, 1.54) is 24.1 Å². The van der Waals surface area contributed by atoms with Gasteiger partial charge in [0.25, 0.3) is 0 Å². The molecule has 4 nitrogen and oxygen atoms in total. The molecule has 1 aliphatic carbocycles. The molecule has 1 aliphatic rings. The average Bonchev–Trinajstić information content (AvgIpc) is 2.91. The zero-order valence-corrected chi connectivity index (χ0v) is 12.5. The van der Waals surface area contributed by atoms with E-state index in [4.69, 9.17) is 10.2 Å². The summed E-state index contributed by atoms with van der Waals surface area (Å²) in [4.78, 5) is 10.6. The largest absolute Gasteiger partial charge is 0.481 e. The second-order valence-electron chi connectivity index (χ2n) is 5.60. The van der Waals surface area contributed by atoms with Crippen LogP contribution in [0.15, 0.2) is 36.4 Å². The highest BCUT2D eigenvalue weighted by molar-refractivity contribution is 5.67. The maximum Gasteiger partial charge on any atom is 0.303 e. The summed E-state index contributed by atoms with van der Waals surface area (Å²) >= 11 is 0. The van der Waals surface area contributed by atoms with Gasteiger partial charge < -0.3 is 5.11 Å². The number of carbonyl (C=O) groups is 1. The lowest BCUT2D eigenvalue weighted by Crippen LogP contribution is -2.07. The van der Waals surface area contributed by atoms with Crippen molar-refractivity contribution in [1.82, 2.24) is 9.78 Å². The monoisotopic (exact) mass is 296 g/mol. The molecule has 0 amide bonds. The first-order valence-electron chi connectivity index (χ1n) is 7.80. The Morgan fingerprint density at radius 1 is 1.23 bits per heavy atom. The fourth-order valence-electron chi connectivity index (χ4n) is 2.95. The number of carboxylic acids is 1. The lowest BCUT2D eigenvalue weighted by atomic mass is 9.95. The summed E-state index contributed by atoms with van der Waals surface area (Å²) in [6.45, 7) is 0. The van der Waals surface area contributed by atoms with Crippen LogP contribution < -0.4 is 0 Å². The first-order valence-corrected chi connectivity index (χ1v) is 7.80. The van der Waals surface area contributed by atoms with Crippen LogP contribution in [-0.2, 0) is 17.6 Å². The second kappa shape index (κ2) is 6.60. The zero-order valence-electron chi connectivity index (χ0n) is 12.5. The van der Waals surface area contributed by atoms with Crippen molar-refractivity contribution in [3.63, 3.8) is 0 Å². The lowest BCUT2D eigenvalue weighted by Gasteiger charge is -2.13. The van der Waals surface area contributed by atoms with Gasteiger partial charge in [0, 0.05) is 17.7 Å². The molecule has 0 aliphatic heterocycles. The van der Waals surface area contributed by atoms with Crippen LogP contribution in [0.1, 0.15) is 42.6 Å². The van der Waals surface area contributed by atoms with Crippen molar-refractivity contribution >= 4 is 12.0 Å². The highest BCUT2D eigenvalue weighted by Gasteiger charge is 2.20. The molecule has 0 bridgehead atoms. The van der Waals surface area contributed by atoms with Crippen LogP contribution in [0.25, 0.3) is 11.8 Å². The molecular formula is C18H20N2O2. The van der Waals surface area contributed by atoms with Crippen molar-refractivity contribution in [3.05, 3.63) is 53.4 Å². The number of nitrogens with zero attached hydrogens (tertiary/aromatic N) is 2. The Hall–Kier alpha value is -2.36. The van der Waals surface area contributed by atoms with Gasteiger partial charge in [-0.3, -0.25) is 4.79 Å². The van der Waals surface area contributed by atoms with E-state index in [0.29, 0.717) is 6.42 Å². The number of para-hydroxylation sites is 1. The normalized spacial score (nSPS) is 14.2. The van der Waals surface area contributed by atoms with Gasteiger partial charge in [0.05, 0.1) is 11.4 Å². The quantitative estimate of drug-likeness (QED) is 0.916. The maximum absolute atomic E-state index is 10.6. The summed E-state index contributed by atoms with van der Waals surface area (Å²) in [5.41, 5.74) is 4.70. The van der Waals surface area contributed by atoms with E-state index >= 15 is 0 Å². The van der Waals surface area contributed by atoms with Gasteiger partial charge >= 0.3 is 5.97 Å². The number of allylic oxidation sites excluding steroid dienone is 1. The van der Waals surface area contributed by atoms with Crippen molar-refractivity contribution in [3.8, 4) is 5.69 Å². The van der Waals surface area contributed by atoms with E-state index in [9.17, 15) is 4.79 Å². The molecule has 0 saturated carbocycles. The van der Waals surface area contributed by atoms with Gasteiger partial charge in [-0.2, -0.15) is 5.10 Å². The van der Waals surface area contributed by atoms with Gasteiger partial charge in [-0.25, -0.2) is 4.68 Å². The smallest absolute Gasteiger partial charge is 0.303 e. The van der Waals surface area contributed by atoms with Crippen LogP contribution in [0.4, 0.5) is 0 Å². The van der Waals surface area contributed by atoms with Gasteiger partial charge in [-0.1, -0.05) is 24.3 Å². The molecule has 1 heterocycles. The van der Waals surface area contributed by atoms with Gasteiger partial charge in [0.1, 0.15) is 0 Å². The summed E-state index contributed by atoms with van der Waals surface area (Å²) in [5.74, 6) is -0.763. The van der Waals surface area contributed by atoms with Crippen LogP contribution in [0, 0.1) is 0 Å². The first kappa shape index (κ1) is 14.6. The topological polar surface area (TPSA) is 55.1 Å². The molecule has 0 saturated heterocycles. The van der Waals surface area contributed by atoms with Crippen molar-refractivity contribution in [1.29, 1.82) is 0 Å². The highest BCUT2D eigenvalue weighted by atomic mass is 16.4.